The molecule has 6 rings (SSSR count). The smallest absolute Gasteiger partial charge is 0.340 e. The average molecular weight is 731 g/mol. The average Bonchev–Trinajstić information content (AvgIpc) is 3.37. The van der Waals surface area contributed by atoms with Gasteiger partial charge in [0, 0.05) is 56.9 Å². The fraction of sp³-hybridized carbons (Fsp3) is 0.316. The van der Waals surface area contributed by atoms with Crippen LogP contribution in [0.1, 0.15) is 66.7 Å². The molecule has 0 amide bonds. The number of hydrogen-bond donors (Lipinski definition) is 2. The van der Waals surface area contributed by atoms with Crippen molar-refractivity contribution < 1.29 is 72.1 Å². The van der Waals surface area contributed by atoms with Gasteiger partial charge in [0.15, 0.2) is 29.7 Å². The first kappa shape index (κ1) is 36.6. The van der Waals surface area contributed by atoms with E-state index in [1.807, 2.05) is 0 Å². The molecule has 1 saturated heterocycles. The second kappa shape index (κ2) is 14.4. The van der Waals surface area contributed by atoms with Gasteiger partial charge in [-0.25, -0.2) is 4.79 Å². The van der Waals surface area contributed by atoms with E-state index in [-0.39, 0.29) is 28.6 Å². The summed E-state index contributed by atoms with van der Waals surface area (Å²) in [6, 6.07) is 14.0. The minimum atomic E-state index is -1.53. The molecule has 1 spiro atoms. The van der Waals surface area contributed by atoms with Crippen molar-refractivity contribution in [1.29, 1.82) is 0 Å². The van der Waals surface area contributed by atoms with E-state index in [1.165, 1.54) is 30.3 Å². The summed E-state index contributed by atoms with van der Waals surface area (Å²) in [6.07, 6.45) is -4.99. The van der Waals surface area contributed by atoms with Gasteiger partial charge in [0.25, 0.3) is 0 Å². The van der Waals surface area contributed by atoms with Crippen LogP contribution in [-0.4, -0.2) is 83.0 Å². The molecule has 1 fully saturated rings. The number of phenolic OH excluding ortho intramolecular Hbond substituents is 2. The van der Waals surface area contributed by atoms with Crippen molar-refractivity contribution >= 4 is 41.7 Å². The summed E-state index contributed by atoms with van der Waals surface area (Å²) in [7, 11) is 0. The van der Waals surface area contributed by atoms with Gasteiger partial charge < -0.3 is 43.4 Å². The monoisotopic (exact) mass is 730 g/mol. The van der Waals surface area contributed by atoms with Gasteiger partial charge in [-0.1, -0.05) is 18.2 Å². The number of allylic oxidation sites excluding steroid dienone is 1. The van der Waals surface area contributed by atoms with Crippen molar-refractivity contribution in [2.75, 3.05) is 6.61 Å². The lowest BCUT2D eigenvalue weighted by Crippen LogP contribution is -2.62. The molecule has 3 aliphatic heterocycles. The van der Waals surface area contributed by atoms with E-state index in [4.69, 9.17) is 33.2 Å². The van der Waals surface area contributed by atoms with Crippen molar-refractivity contribution in [3.8, 4) is 23.0 Å². The summed E-state index contributed by atoms with van der Waals surface area (Å²) < 4.78 is 39.7. The molecule has 3 aromatic rings. The molecule has 3 heterocycles. The van der Waals surface area contributed by atoms with Crippen molar-refractivity contribution in [3.05, 3.63) is 88.5 Å². The molecule has 0 saturated carbocycles. The predicted molar refractivity (Wildman–Crippen MR) is 179 cm³/mol. The lowest BCUT2D eigenvalue weighted by molar-refractivity contribution is -0.252. The minimum absolute atomic E-state index is 0.0196. The summed E-state index contributed by atoms with van der Waals surface area (Å²) in [5.41, 5.74) is 0.0522. The summed E-state index contributed by atoms with van der Waals surface area (Å²) >= 11 is 0. The highest BCUT2D eigenvalue weighted by Crippen LogP contribution is 2.58. The van der Waals surface area contributed by atoms with Crippen LogP contribution in [0, 0.1) is 0 Å². The molecule has 1 unspecified atom stereocenters. The molecule has 53 heavy (non-hydrogen) atoms. The van der Waals surface area contributed by atoms with Crippen LogP contribution in [0.15, 0.2) is 60.7 Å². The van der Waals surface area contributed by atoms with Gasteiger partial charge in [-0.2, -0.15) is 0 Å². The maximum absolute atomic E-state index is 13.6. The summed E-state index contributed by atoms with van der Waals surface area (Å²) in [4.78, 5) is 74.9. The molecule has 2 N–H and O–H groups in total. The van der Waals surface area contributed by atoms with Crippen molar-refractivity contribution in [3.63, 3.8) is 0 Å². The van der Waals surface area contributed by atoms with Crippen LogP contribution in [-0.2, 0) is 58.0 Å². The van der Waals surface area contributed by atoms with Crippen LogP contribution < -0.4 is 4.74 Å². The first-order valence-corrected chi connectivity index (χ1v) is 16.4. The first-order valence-electron chi connectivity index (χ1n) is 16.4. The van der Waals surface area contributed by atoms with E-state index < -0.39 is 84.8 Å². The van der Waals surface area contributed by atoms with Gasteiger partial charge in [-0.3, -0.25) is 24.0 Å². The standard InChI is InChI=1S/C38H34O15/c1-18(39)47-17-32-35(49-20(3)41)36(50-21(4)42)34(48-19(2)40)31(51-32)16-22(43)9-11-25-29(45)14-13-28-33(25)52-30-15-23(44)10-12-27(30)38(28)26-8-6-5-7-24(26)37(46)53-38/h5-15,31-32,34-36,44-45H,16-17H2,1-4H3/b11-9+/t31-,32+,34-,35+,36+,38?/m0/s1. The number of fused-ring (bicyclic) bond motifs is 6. The third-order valence-corrected chi connectivity index (χ3v) is 8.81. The zero-order valence-electron chi connectivity index (χ0n) is 28.9. The van der Waals surface area contributed by atoms with E-state index in [0.29, 0.717) is 22.3 Å². The zero-order chi connectivity index (χ0) is 38.2. The maximum atomic E-state index is 13.6. The third-order valence-electron chi connectivity index (χ3n) is 8.81. The van der Waals surface area contributed by atoms with Crippen molar-refractivity contribution in [2.24, 2.45) is 0 Å². The van der Waals surface area contributed by atoms with E-state index >= 15 is 0 Å². The minimum Gasteiger partial charge on any atom is -0.508 e. The Kier molecular flexibility index (Phi) is 9.95. The highest BCUT2D eigenvalue weighted by Gasteiger charge is 2.55. The van der Waals surface area contributed by atoms with E-state index in [0.717, 1.165) is 33.8 Å². The number of esters is 5. The predicted octanol–water partition coefficient (Wildman–Crippen LogP) is 3.76. The molecule has 15 heteroatoms. The number of ether oxygens (including phenoxy) is 7. The van der Waals surface area contributed by atoms with Gasteiger partial charge in [-0.15, -0.1) is 0 Å². The van der Waals surface area contributed by atoms with Crippen LogP contribution >= 0.6 is 0 Å². The van der Waals surface area contributed by atoms with Crippen molar-refractivity contribution in [2.45, 2.75) is 70.2 Å². The third kappa shape index (κ3) is 7.02. The molecule has 3 aromatic carbocycles. The van der Waals surface area contributed by atoms with E-state index in [2.05, 4.69) is 0 Å². The number of ketones is 1. The number of carbonyl (C=O) groups excluding carboxylic acids is 6. The molecular formula is C38H34O15. The normalized spacial score (nSPS) is 23.8. The Hall–Kier alpha value is -6.22. The number of phenols is 2. The SMILES string of the molecule is CC(=O)OC[C@H]1O[C@@H](CC(=O)/C=C/c2c(O)ccc3c2Oc2cc(O)ccc2C32OC(=O)c3ccccc32)[C@H](OC(C)=O)[C@@H](OC(C)=O)[C@@H]1OC(C)=O. The highest BCUT2D eigenvalue weighted by atomic mass is 16.7. The molecule has 0 radical (unpaired) electrons. The Morgan fingerprint density at radius 3 is 2.09 bits per heavy atom. The molecular weight excluding hydrogens is 696 g/mol. The maximum Gasteiger partial charge on any atom is 0.340 e. The van der Waals surface area contributed by atoms with Gasteiger partial charge in [-0.05, 0) is 42.5 Å². The molecule has 0 bridgehead atoms. The topological polar surface area (TPSA) is 207 Å². The first-order chi connectivity index (χ1) is 25.2. The van der Waals surface area contributed by atoms with Crippen LogP contribution in [0.25, 0.3) is 6.08 Å². The Labute approximate surface area is 301 Å². The highest BCUT2D eigenvalue weighted by molar-refractivity contribution is 5.98. The van der Waals surface area contributed by atoms with Crippen LogP contribution in [0.4, 0.5) is 0 Å². The molecule has 0 aromatic heterocycles. The number of carbonyl (C=O) groups is 6. The summed E-state index contributed by atoms with van der Waals surface area (Å²) in [5, 5.41) is 21.4. The Morgan fingerprint density at radius 1 is 0.774 bits per heavy atom. The lowest BCUT2D eigenvalue weighted by Gasteiger charge is -2.44. The molecule has 0 aliphatic carbocycles. The van der Waals surface area contributed by atoms with Gasteiger partial charge in [0.1, 0.15) is 41.8 Å². The molecule has 6 atom stereocenters. The van der Waals surface area contributed by atoms with Crippen LogP contribution in [0.5, 0.6) is 23.0 Å². The van der Waals surface area contributed by atoms with Gasteiger partial charge in [0.2, 0.25) is 0 Å². The number of rotatable bonds is 9. The number of benzene rings is 3. The van der Waals surface area contributed by atoms with Crippen molar-refractivity contribution in [1.82, 2.24) is 0 Å². The Bertz CT molecular complexity index is 2050. The number of hydrogen-bond acceptors (Lipinski definition) is 15. The summed E-state index contributed by atoms with van der Waals surface area (Å²) in [6.45, 7) is 3.93. The fourth-order valence-electron chi connectivity index (χ4n) is 6.82. The quantitative estimate of drug-likeness (QED) is 0.183. The van der Waals surface area contributed by atoms with Gasteiger partial charge in [0.05, 0.1) is 11.1 Å². The van der Waals surface area contributed by atoms with Crippen LogP contribution in [0.3, 0.4) is 0 Å². The second-order valence-electron chi connectivity index (χ2n) is 12.5. The Morgan fingerprint density at radius 2 is 1.42 bits per heavy atom. The van der Waals surface area contributed by atoms with E-state index in [1.54, 1.807) is 30.3 Å². The van der Waals surface area contributed by atoms with Crippen LogP contribution in [0.2, 0.25) is 0 Å². The molecule has 3 aliphatic rings. The molecule has 276 valence electrons. The summed E-state index contributed by atoms with van der Waals surface area (Å²) in [5.74, 6) is -4.66. The lowest BCUT2D eigenvalue weighted by atomic mass is 9.77. The number of aromatic hydroxyl groups is 2. The zero-order valence-corrected chi connectivity index (χ0v) is 28.9. The molecule has 15 nitrogen and oxygen atoms in total. The second-order valence-corrected chi connectivity index (χ2v) is 12.5. The van der Waals surface area contributed by atoms with E-state index in [9.17, 15) is 39.0 Å². The van der Waals surface area contributed by atoms with Gasteiger partial charge >= 0.3 is 29.8 Å². The Balaban J connectivity index is 1.37. The fourth-order valence-corrected chi connectivity index (χ4v) is 6.82. The largest absolute Gasteiger partial charge is 0.508 e.